The molecular formula is C35H48ClN3O6S. The lowest BCUT2D eigenvalue weighted by Crippen LogP contribution is -2.50. The Morgan fingerprint density at radius 2 is 1.78 bits per heavy atom. The molecule has 9 nitrogen and oxygen atoms in total. The Morgan fingerprint density at radius 1 is 0.978 bits per heavy atom. The summed E-state index contributed by atoms with van der Waals surface area (Å²) in [7, 11) is -3.97. The number of halogens is 1. The van der Waals surface area contributed by atoms with Gasteiger partial charge in [0.2, 0.25) is 10.0 Å². The molecule has 0 unspecified atom stereocenters. The van der Waals surface area contributed by atoms with Crippen LogP contribution in [0.1, 0.15) is 73.9 Å². The van der Waals surface area contributed by atoms with E-state index in [0.717, 1.165) is 69.5 Å². The van der Waals surface area contributed by atoms with Crippen molar-refractivity contribution in [1.29, 1.82) is 0 Å². The van der Waals surface area contributed by atoms with Crippen molar-refractivity contribution in [1.82, 2.24) is 9.62 Å². The molecule has 2 aromatic carbocycles. The molecule has 1 saturated carbocycles. The first-order valence-electron chi connectivity index (χ1n) is 16.9. The second-order valence-corrected chi connectivity index (χ2v) is 16.3. The van der Waals surface area contributed by atoms with Gasteiger partial charge in [-0.1, -0.05) is 24.6 Å². The van der Waals surface area contributed by atoms with Crippen LogP contribution in [0.2, 0.25) is 5.02 Å². The fourth-order valence-corrected chi connectivity index (χ4v) is 9.17. The first kappa shape index (κ1) is 33.5. The highest BCUT2D eigenvalue weighted by Crippen LogP contribution is 2.42. The first-order chi connectivity index (χ1) is 22.1. The number of rotatable bonds is 1. The van der Waals surface area contributed by atoms with Crippen LogP contribution in [0.5, 0.6) is 5.75 Å². The maximum absolute atomic E-state index is 13.6. The number of amides is 1. The average Bonchev–Trinajstić information content (AvgIpc) is 3.05. The van der Waals surface area contributed by atoms with Gasteiger partial charge in [-0.25, -0.2) is 13.1 Å². The van der Waals surface area contributed by atoms with E-state index in [1.54, 1.807) is 25.1 Å². The Hall–Kier alpha value is -2.37. The zero-order valence-corrected chi connectivity index (χ0v) is 28.6. The Morgan fingerprint density at radius 3 is 2.54 bits per heavy atom. The highest BCUT2D eigenvalue weighted by atomic mass is 35.5. The van der Waals surface area contributed by atoms with Gasteiger partial charge in [-0.05, 0) is 111 Å². The maximum atomic E-state index is 13.6. The minimum atomic E-state index is -3.97. The minimum absolute atomic E-state index is 0.0250. The number of anilines is 1. The molecule has 0 spiro atoms. The molecule has 252 valence electrons. The number of carbonyl (C=O) groups is 1. The van der Waals surface area contributed by atoms with Gasteiger partial charge in [0, 0.05) is 42.8 Å². The third kappa shape index (κ3) is 7.51. The number of carbonyl (C=O) groups excluding carboxylic acids is 1. The van der Waals surface area contributed by atoms with E-state index in [1.807, 2.05) is 25.1 Å². The zero-order valence-electron chi connectivity index (χ0n) is 27.0. The Bertz CT molecular complexity index is 1500. The van der Waals surface area contributed by atoms with Gasteiger partial charge < -0.3 is 19.5 Å². The molecule has 1 saturated heterocycles. The third-order valence-electron chi connectivity index (χ3n) is 10.9. The van der Waals surface area contributed by atoms with Crippen LogP contribution in [-0.2, 0) is 27.8 Å². The first-order valence-corrected chi connectivity index (χ1v) is 18.9. The number of aliphatic hydroxyl groups excluding tert-OH is 1. The van der Waals surface area contributed by atoms with Gasteiger partial charge in [-0.15, -0.1) is 0 Å². The topological polar surface area (TPSA) is 108 Å². The van der Waals surface area contributed by atoms with E-state index >= 15 is 0 Å². The molecule has 1 aliphatic carbocycles. The molecule has 3 aliphatic heterocycles. The molecule has 1 amide bonds. The van der Waals surface area contributed by atoms with Gasteiger partial charge in [0.05, 0.1) is 30.3 Å². The monoisotopic (exact) mass is 673 g/mol. The number of hydrogen-bond acceptors (Lipinski definition) is 8. The number of nitrogens with one attached hydrogen (secondary N) is 1. The van der Waals surface area contributed by atoms with Crippen molar-refractivity contribution >= 4 is 33.2 Å². The molecule has 4 aliphatic rings. The molecule has 2 N–H and O–H groups in total. The fourth-order valence-electron chi connectivity index (χ4n) is 7.69. The highest BCUT2D eigenvalue weighted by molar-refractivity contribution is 7.90. The number of benzene rings is 2. The molecule has 2 fully saturated rings. The van der Waals surface area contributed by atoms with Crippen LogP contribution in [0.25, 0.3) is 0 Å². The number of aliphatic hydroxyl groups is 1. The number of sulfonamides is 1. The lowest BCUT2D eigenvalue weighted by Gasteiger charge is -2.45. The van der Waals surface area contributed by atoms with Gasteiger partial charge >= 0.3 is 0 Å². The van der Waals surface area contributed by atoms with Crippen molar-refractivity contribution in [2.24, 2.45) is 17.8 Å². The molecule has 0 aromatic heterocycles. The number of aryl methyl sites for hydroxylation is 1. The van der Waals surface area contributed by atoms with Crippen LogP contribution in [0.3, 0.4) is 0 Å². The predicted octanol–water partition coefficient (Wildman–Crippen LogP) is 5.03. The van der Waals surface area contributed by atoms with Gasteiger partial charge in [0.15, 0.2) is 0 Å². The second kappa shape index (κ2) is 14.4. The minimum Gasteiger partial charge on any atom is -0.487 e. The smallest absolute Gasteiger partial charge is 0.264 e. The quantitative estimate of drug-likeness (QED) is 0.434. The van der Waals surface area contributed by atoms with Crippen molar-refractivity contribution in [2.75, 3.05) is 44.3 Å². The number of morpholine rings is 1. The summed E-state index contributed by atoms with van der Waals surface area (Å²) in [4.78, 5) is 18.2. The molecule has 3 heterocycles. The summed E-state index contributed by atoms with van der Waals surface area (Å²) < 4.78 is 41.6. The van der Waals surface area contributed by atoms with E-state index in [-0.39, 0.29) is 23.4 Å². The lowest BCUT2D eigenvalue weighted by atomic mass is 9.68. The van der Waals surface area contributed by atoms with E-state index in [9.17, 15) is 18.3 Å². The van der Waals surface area contributed by atoms with Crippen molar-refractivity contribution in [2.45, 2.75) is 82.8 Å². The Labute approximate surface area is 278 Å². The van der Waals surface area contributed by atoms with Crippen LogP contribution in [0.15, 0.2) is 36.4 Å². The largest absolute Gasteiger partial charge is 0.487 e. The molecule has 0 radical (unpaired) electrons. The van der Waals surface area contributed by atoms with E-state index in [2.05, 4.69) is 14.5 Å². The highest BCUT2D eigenvalue weighted by Gasteiger charge is 2.40. The van der Waals surface area contributed by atoms with Crippen molar-refractivity contribution in [3.63, 3.8) is 0 Å². The number of fused-ring (bicyclic) bond motifs is 3. The summed E-state index contributed by atoms with van der Waals surface area (Å²) >= 11 is 6.34. The van der Waals surface area contributed by atoms with Gasteiger partial charge in [-0.2, -0.15) is 0 Å². The van der Waals surface area contributed by atoms with Crippen molar-refractivity contribution in [3.05, 3.63) is 58.1 Å². The van der Waals surface area contributed by atoms with Crippen molar-refractivity contribution in [3.8, 4) is 5.75 Å². The lowest BCUT2D eigenvalue weighted by molar-refractivity contribution is -0.0323. The van der Waals surface area contributed by atoms with Crippen LogP contribution in [0.4, 0.5) is 5.69 Å². The van der Waals surface area contributed by atoms with Crippen LogP contribution >= 0.6 is 11.6 Å². The molecule has 11 heteroatoms. The molecule has 2 bridgehead atoms. The summed E-state index contributed by atoms with van der Waals surface area (Å²) in [5.41, 5.74) is 3.31. The molecule has 6 atom stereocenters. The van der Waals surface area contributed by atoms with Crippen LogP contribution < -0.4 is 14.4 Å². The van der Waals surface area contributed by atoms with Gasteiger partial charge in [-0.3, -0.25) is 9.69 Å². The standard InChI is InChI=1S/C35H48ClN3O6S/c1-23-17-30(38-13-15-44-16-14-38)20-33(40)31-10-7-27(31)21-39-12-4-3-5-25-18-29(36)9-6-28(25)22-45-34-11-8-26(19-32(34)39)35(41)37-46(42,43)24(23)2/h6,8-9,11,18-19,23-24,27,30-31,33,40H,3-5,7,10,12-17,20-22H2,1-2H3,(H,37,41)/t23-,24+,27-,30+,31+,33+/m0/s1. The number of nitrogens with zero attached hydrogens (tertiary/aromatic N) is 2. The van der Waals surface area contributed by atoms with Crippen LogP contribution in [0, 0.1) is 17.8 Å². The maximum Gasteiger partial charge on any atom is 0.264 e. The Kier molecular flexibility index (Phi) is 10.5. The summed E-state index contributed by atoms with van der Waals surface area (Å²) in [6, 6.07) is 11.1. The second-order valence-electron chi connectivity index (χ2n) is 13.8. The molecule has 46 heavy (non-hydrogen) atoms. The third-order valence-corrected chi connectivity index (χ3v) is 13.1. The van der Waals surface area contributed by atoms with E-state index < -0.39 is 27.3 Å². The van der Waals surface area contributed by atoms with E-state index in [1.165, 1.54) is 5.56 Å². The SMILES string of the molecule is C[C@@H]1[C@@H](C)C[C@@H](N2CCOCC2)C[C@@H](O)[C@@H]2CC[C@H]2CN2CCCCc3cc(Cl)ccc3COc3ccc(cc32)C(=O)NS1(=O)=O. The van der Waals surface area contributed by atoms with E-state index in [0.29, 0.717) is 49.4 Å². The zero-order chi connectivity index (χ0) is 32.4. The van der Waals surface area contributed by atoms with Crippen molar-refractivity contribution < 1.29 is 27.8 Å². The predicted molar refractivity (Wildman–Crippen MR) is 180 cm³/mol. The summed E-state index contributed by atoms with van der Waals surface area (Å²) in [6.45, 7) is 8.23. The summed E-state index contributed by atoms with van der Waals surface area (Å²) in [5.74, 6) is 0.244. The van der Waals surface area contributed by atoms with Gasteiger partial charge in [0.1, 0.15) is 12.4 Å². The Balaban J connectivity index is 1.35. The van der Waals surface area contributed by atoms with Gasteiger partial charge in [0.25, 0.3) is 5.91 Å². The number of hydrogen-bond donors (Lipinski definition) is 2. The van der Waals surface area contributed by atoms with E-state index in [4.69, 9.17) is 21.1 Å². The fraction of sp³-hybridized carbons (Fsp3) is 0.629. The summed E-state index contributed by atoms with van der Waals surface area (Å²) in [6.07, 6.45) is 5.50. The summed E-state index contributed by atoms with van der Waals surface area (Å²) in [5, 5.41) is 11.6. The van der Waals surface area contributed by atoms with Crippen LogP contribution in [-0.4, -0.2) is 81.1 Å². The molecule has 6 rings (SSSR count). The molecular weight excluding hydrogens is 626 g/mol. The normalized spacial score (nSPS) is 31.2. The molecule has 2 aromatic rings. The average molecular weight is 674 g/mol. The number of ether oxygens (including phenoxy) is 2.